The van der Waals surface area contributed by atoms with Gasteiger partial charge in [0.05, 0.1) is 6.42 Å². The van der Waals surface area contributed by atoms with Gasteiger partial charge in [-0.1, -0.05) is 11.6 Å². The molecule has 0 amide bonds. The molecule has 3 aliphatic rings. The molecule has 0 atom stereocenters. The Morgan fingerprint density at radius 1 is 1.03 bits per heavy atom. The van der Waals surface area contributed by atoms with Crippen molar-refractivity contribution < 1.29 is 9.53 Å². The molecule has 3 aliphatic carbocycles. The number of pyridine rings is 2. The zero-order chi connectivity index (χ0) is 25.4. The van der Waals surface area contributed by atoms with E-state index >= 15 is 0 Å². The van der Waals surface area contributed by atoms with E-state index in [9.17, 15) is 4.79 Å². The van der Waals surface area contributed by atoms with Crippen molar-refractivity contribution in [3.8, 4) is 0 Å². The summed E-state index contributed by atoms with van der Waals surface area (Å²) in [4.78, 5) is 29.8. The largest absolute Gasteiger partial charge is 0.460 e. The molecule has 0 aliphatic heterocycles. The van der Waals surface area contributed by atoms with E-state index in [0.717, 1.165) is 67.4 Å². The predicted octanol–water partition coefficient (Wildman–Crippen LogP) is 5.57. The van der Waals surface area contributed by atoms with Crippen LogP contribution < -0.4 is 10.6 Å². The van der Waals surface area contributed by atoms with Gasteiger partial charge in [-0.05, 0) is 82.9 Å². The van der Waals surface area contributed by atoms with Gasteiger partial charge >= 0.3 is 5.97 Å². The molecule has 2 N–H and O–H groups in total. The Hall–Kier alpha value is -3.00. The van der Waals surface area contributed by atoms with Crippen LogP contribution in [-0.2, 0) is 16.0 Å². The lowest BCUT2D eigenvalue weighted by molar-refractivity contribution is -0.153. The van der Waals surface area contributed by atoms with Crippen LogP contribution in [0.1, 0.15) is 64.9 Å². The summed E-state index contributed by atoms with van der Waals surface area (Å²) in [6, 6.07) is 6.01. The second-order valence-corrected chi connectivity index (χ2v) is 11.7. The normalized spacial score (nSPS) is 23.4. The summed E-state index contributed by atoms with van der Waals surface area (Å²) in [5.41, 5.74) is 1.33. The highest BCUT2D eigenvalue weighted by Gasteiger charge is 2.48. The summed E-state index contributed by atoms with van der Waals surface area (Å²) in [5, 5.41) is 8.63. The third kappa shape index (κ3) is 5.53. The van der Waals surface area contributed by atoms with E-state index in [2.05, 4.69) is 25.6 Å². The van der Waals surface area contributed by atoms with Gasteiger partial charge in [-0.3, -0.25) is 4.79 Å². The molecule has 0 radical (unpaired) electrons. The fourth-order valence-corrected chi connectivity index (χ4v) is 5.63. The summed E-state index contributed by atoms with van der Waals surface area (Å²) < 4.78 is 5.37. The highest BCUT2D eigenvalue weighted by Crippen LogP contribution is 2.53. The van der Waals surface area contributed by atoms with E-state index in [-0.39, 0.29) is 23.3 Å². The number of hydrogen-bond acceptors (Lipinski definition) is 8. The van der Waals surface area contributed by atoms with Crippen LogP contribution in [0.5, 0.6) is 0 Å². The van der Waals surface area contributed by atoms with Crippen LogP contribution >= 0.6 is 11.6 Å². The van der Waals surface area contributed by atoms with Crippen molar-refractivity contribution in [2.24, 2.45) is 5.41 Å². The van der Waals surface area contributed by atoms with E-state index in [4.69, 9.17) is 21.3 Å². The monoisotopic (exact) mass is 508 g/mol. The average Bonchev–Trinajstić information content (AvgIpc) is 2.84. The number of fused-ring (bicyclic) bond motifs is 4. The molecule has 0 unspecified atom stereocenters. The SMILES string of the molecule is CC(C)(C)OC(=O)Cc1cnc(NCC23CCC(Nc4ccc5ccnc(Cl)c5n4)(CC2)CC3)nc1. The number of aromatic nitrogens is 4. The second-order valence-electron chi connectivity index (χ2n) is 11.3. The number of halogens is 1. The summed E-state index contributed by atoms with van der Waals surface area (Å²) in [5.74, 6) is 1.19. The molecule has 0 spiro atoms. The summed E-state index contributed by atoms with van der Waals surface area (Å²) in [6.45, 7) is 6.43. The minimum absolute atomic E-state index is 0.0803. The Morgan fingerprint density at radius 2 is 1.72 bits per heavy atom. The fraction of sp³-hybridized carbons (Fsp3) is 0.519. The van der Waals surface area contributed by atoms with Crippen molar-refractivity contribution >= 4 is 40.2 Å². The Morgan fingerprint density at radius 3 is 2.39 bits per heavy atom. The van der Waals surface area contributed by atoms with E-state index in [0.29, 0.717) is 11.1 Å². The van der Waals surface area contributed by atoms with Gasteiger partial charge in [0, 0.05) is 41.6 Å². The highest BCUT2D eigenvalue weighted by molar-refractivity contribution is 6.33. The van der Waals surface area contributed by atoms with E-state index in [1.165, 1.54) is 0 Å². The van der Waals surface area contributed by atoms with Crippen LogP contribution in [0.15, 0.2) is 36.8 Å². The van der Waals surface area contributed by atoms with Gasteiger partial charge < -0.3 is 15.4 Å². The van der Waals surface area contributed by atoms with Gasteiger partial charge in [-0.2, -0.15) is 0 Å². The molecular formula is C27H33ClN6O2. The minimum Gasteiger partial charge on any atom is -0.460 e. The number of nitrogens with one attached hydrogen (secondary N) is 2. The first-order chi connectivity index (χ1) is 17.1. The van der Waals surface area contributed by atoms with Crippen molar-refractivity contribution in [3.63, 3.8) is 0 Å². The Labute approximate surface area is 216 Å². The molecule has 3 heterocycles. The number of carbonyl (C=O) groups excluding carboxylic acids is 1. The van der Waals surface area contributed by atoms with Crippen LogP contribution in [0, 0.1) is 5.41 Å². The van der Waals surface area contributed by atoms with Crippen LogP contribution in [0.4, 0.5) is 11.8 Å². The zero-order valence-corrected chi connectivity index (χ0v) is 21.9. The lowest BCUT2D eigenvalue weighted by Crippen LogP contribution is -2.52. The summed E-state index contributed by atoms with van der Waals surface area (Å²) >= 11 is 6.27. The standard InChI is InChI=1S/C27H33ClN6O2/c1-25(2,3)36-21(35)14-18-15-30-24(31-16-18)32-17-26-7-10-27(11-8-26,12-9-26)34-20-5-4-19-6-13-29-23(28)22(19)33-20/h4-6,13,15-16H,7-12,14,17H2,1-3H3,(H,33,34)(H,30,31,32). The van der Waals surface area contributed by atoms with Crippen molar-refractivity contribution in [1.29, 1.82) is 0 Å². The topological polar surface area (TPSA) is 102 Å². The first kappa shape index (κ1) is 24.7. The zero-order valence-electron chi connectivity index (χ0n) is 21.1. The molecule has 36 heavy (non-hydrogen) atoms. The number of esters is 1. The Bertz CT molecular complexity index is 1230. The number of rotatable bonds is 7. The second kappa shape index (κ2) is 9.47. The van der Waals surface area contributed by atoms with E-state index < -0.39 is 5.60 Å². The van der Waals surface area contributed by atoms with Gasteiger partial charge in [-0.15, -0.1) is 0 Å². The lowest BCUT2D eigenvalue weighted by atomic mass is 9.57. The maximum Gasteiger partial charge on any atom is 0.310 e. The summed E-state index contributed by atoms with van der Waals surface area (Å²) in [6.07, 6.45) is 12.0. The van der Waals surface area contributed by atoms with E-state index in [1.54, 1.807) is 18.6 Å². The molecule has 0 saturated heterocycles. The Balaban J connectivity index is 1.15. The minimum atomic E-state index is -0.497. The smallest absolute Gasteiger partial charge is 0.310 e. The molecule has 8 nitrogen and oxygen atoms in total. The van der Waals surface area contributed by atoms with Gasteiger partial charge in [0.15, 0.2) is 5.15 Å². The molecule has 3 fully saturated rings. The third-order valence-electron chi connectivity index (χ3n) is 7.45. The molecule has 190 valence electrons. The molecule has 3 aromatic rings. The predicted molar refractivity (Wildman–Crippen MR) is 141 cm³/mol. The first-order valence-corrected chi connectivity index (χ1v) is 13.0. The number of nitrogens with zero attached hydrogens (tertiary/aromatic N) is 4. The quantitative estimate of drug-likeness (QED) is 0.315. The number of anilines is 2. The molecule has 6 rings (SSSR count). The van der Waals surface area contributed by atoms with Crippen LogP contribution in [0.25, 0.3) is 10.9 Å². The van der Waals surface area contributed by atoms with Crippen molar-refractivity contribution in [2.75, 3.05) is 17.2 Å². The molecule has 2 bridgehead atoms. The fourth-order valence-electron chi connectivity index (χ4n) is 5.42. The van der Waals surface area contributed by atoms with Gasteiger partial charge in [0.25, 0.3) is 0 Å². The van der Waals surface area contributed by atoms with Gasteiger partial charge in [0.1, 0.15) is 16.9 Å². The first-order valence-electron chi connectivity index (χ1n) is 12.6. The van der Waals surface area contributed by atoms with Crippen LogP contribution in [0.2, 0.25) is 5.15 Å². The van der Waals surface area contributed by atoms with Gasteiger partial charge in [0.2, 0.25) is 5.95 Å². The van der Waals surface area contributed by atoms with Gasteiger partial charge in [-0.25, -0.2) is 19.9 Å². The van der Waals surface area contributed by atoms with E-state index in [1.807, 2.05) is 39.0 Å². The molecule has 3 aromatic heterocycles. The van der Waals surface area contributed by atoms with Crippen molar-refractivity contribution in [3.05, 3.63) is 47.5 Å². The Kier molecular flexibility index (Phi) is 6.49. The number of carbonyl (C=O) groups is 1. The average molecular weight is 509 g/mol. The molecule has 3 saturated carbocycles. The van der Waals surface area contributed by atoms with Crippen LogP contribution in [-0.4, -0.2) is 43.6 Å². The number of ether oxygens (including phenoxy) is 1. The number of hydrogen-bond donors (Lipinski definition) is 2. The highest BCUT2D eigenvalue weighted by atomic mass is 35.5. The van der Waals surface area contributed by atoms with Crippen molar-refractivity contribution in [2.45, 2.75) is 76.9 Å². The van der Waals surface area contributed by atoms with Crippen molar-refractivity contribution in [1.82, 2.24) is 19.9 Å². The maximum absolute atomic E-state index is 12.0. The molecular weight excluding hydrogens is 476 g/mol. The molecule has 0 aromatic carbocycles. The third-order valence-corrected chi connectivity index (χ3v) is 7.73. The summed E-state index contributed by atoms with van der Waals surface area (Å²) in [7, 11) is 0. The lowest BCUT2D eigenvalue weighted by Gasteiger charge is -2.54. The van der Waals surface area contributed by atoms with Crippen LogP contribution in [0.3, 0.4) is 0 Å². The molecule has 9 heteroatoms. The maximum atomic E-state index is 12.0.